The van der Waals surface area contributed by atoms with Gasteiger partial charge in [0.1, 0.15) is 5.39 Å². The van der Waals surface area contributed by atoms with Crippen LogP contribution in [0.2, 0.25) is 0 Å². The van der Waals surface area contributed by atoms with Gasteiger partial charge in [0, 0.05) is 19.8 Å². The topological polar surface area (TPSA) is 66.8 Å². The SMILES string of the molecule is CN(C)c1ccc(-n2ncc3c(=O)[nH]cnc32)cc1. The number of rotatable bonds is 2. The molecule has 0 saturated heterocycles. The van der Waals surface area contributed by atoms with Crippen molar-refractivity contribution in [2.45, 2.75) is 0 Å². The van der Waals surface area contributed by atoms with Crippen LogP contribution in [-0.2, 0) is 0 Å². The Morgan fingerprint density at radius 2 is 1.95 bits per heavy atom. The zero-order valence-corrected chi connectivity index (χ0v) is 10.7. The third-order valence-corrected chi connectivity index (χ3v) is 2.98. The monoisotopic (exact) mass is 255 g/mol. The van der Waals surface area contributed by atoms with E-state index in [1.807, 2.05) is 43.3 Å². The van der Waals surface area contributed by atoms with Gasteiger partial charge in [-0.2, -0.15) is 5.10 Å². The summed E-state index contributed by atoms with van der Waals surface area (Å²) in [5.74, 6) is 0. The number of H-pyrrole nitrogens is 1. The van der Waals surface area contributed by atoms with Crippen molar-refractivity contribution in [2.75, 3.05) is 19.0 Å². The second-order valence-electron chi connectivity index (χ2n) is 4.44. The number of fused-ring (bicyclic) bond motifs is 1. The molecule has 1 aromatic carbocycles. The normalized spacial score (nSPS) is 10.8. The summed E-state index contributed by atoms with van der Waals surface area (Å²) in [6.07, 6.45) is 2.91. The highest BCUT2D eigenvalue weighted by Gasteiger charge is 2.08. The molecule has 0 bridgehead atoms. The van der Waals surface area contributed by atoms with Gasteiger partial charge >= 0.3 is 0 Å². The summed E-state index contributed by atoms with van der Waals surface area (Å²) in [5.41, 5.74) is 2.35. The highest BCUT2D eigenvalue weighted by Crippen LogP contribution is 2.17. The zero-order valence-electron chi connectivity index (χ0n) is 10.7. The number of nitrogens with zero attached hydrogens (tertiary/aromatic N) is 4. The summed E-state index contributed by atoms with van der Waals surface area (Å²) in [6.45, 7) is 0. The van der Waals surface area contributed by atoms with Crippen molar-refractivity contribution in [2.24, 2.45) is 0 Å². The lowest BCUT2D eigenvalue weighted by atomic mass is 10.2. The van der Waals surface area contributed by atoms with Crippen LogP contribution in [-0.4, -0.2) is 33.8 Å². The van der Waals surface area contributed by atoms with Gasteiger partial charge in [0.2, 0.25) is 0 Å². The Bertz CT molecular complexity index is 770. The predicted octanol–water partition coefficient (Wildman–Crippen LogP) is 1.17. The maximum Gasteiger partial charge on any atom is 0.261 e. The lowest BCUT2D eigenvalue weighted by Crippen LogP contribution is -2.09. The number of aromatic nitrogens is 4. The summed E-state index contributed by atoms with van der Waals surface area (Å²) >= 11 is 0. The smallest absolute Gasteiger partial charge is 0.261 e. The first-order valence-corrected chi connectivity index (χ1v) is 5.86. The van der Waals surface area contributed by atoms with E-state index in [-0.39, 0.29) is 5.56 Å². The van der Waals surface area contributed by atoms with Gasteiger partial charge in [-0.05, 0) is 24.3 Å². The second-order valence-corrected chi connectivity index (χ2v) is 4.44. The number of hydrogen-bond donors (Lipinski definition) is 1. The van der Waals surface area contributed by atoms with Crippen molar-refractivity contribution < 1.29 is 0 Å². The first kappa shape index (κ1) is 11.5. The molecular formula is C13H13N5O. The van der Waals surface area contributed by atoms with Crippen molar-refractivity contribution in [3.05, 3.63) is 47.1 Å². The number of benzene rings is 1. The molecule has 0 aliphatic rings. The van der Waals surface area contributed by atoms with Crippen molar-refractivity contribution in [1.29, 1.82) is 0 Å². The van der Waals surface area contributed by atoms with Crippen molar-refractivity contribution in [3.8, 4) is 5.69 Å². The van der Waals surface area contributed by atoms with Crippen LogP contribution < -0.4 is 10.5 Å². The fourth-order valence-corrected chi connectivity index (χ4v) is 1.94. The average Bonchev–Trinajstić information content (AvgIpc) is 2.84. The summed E-state index contributed by atoms with van der Waals surface area (Å²) in [7, 11) is 3.97. The lowest BCUT2D eigenvalue weighted by molar-refractivity contribution is 0.894. The molecule has 2 heterocycles. The molecule has 0 amide bonds. The molecular weight excluding hydrogens is 242 g/mol. The van der Waals surface area contributed by atoms with Crippen molar-refractivity contribution in [3.63, 3.8) is 0 Å². The Kier molecular flexibility index (Phi) is 2.56. The molecule has 19 heavy (non-hydrogen) atoms. The molecule has 0 aliphatic heterocycles. The van der Waals surface area contributed by atoms with Gasteiger partial charge in [0.25, 0.3) is 5.56 Å². The summed E-state index contributed by atoms with van der Waals surface area (Å²) < 4.78 is 1.66. The van der Waals surface area contributed by atoms with Gasteiger partial charge < -0.3 is 9.88 Å². The van der Waals surface area contributed by atoms with E-state index in [9.17, 15) is 4.79 Å². The van der Waals surface area contributed by atoms with E-state index in [1.54, 1.807) is 4.68 Å². The predicted molar refractivity (Wildman–Crippen MR) is 73.8 cm³/mol. The Morgan fingerprint density at radius 1 is 1.21 bits per heavy atom. The fraction of sp³-hybridized carbons (Fsp3) is 0.154. The quantitative estimate of drug-likeness (QED) is 0.746. The third-order valence-electron chi connectivity index (χ3n) is 2.98. The third kappa shape index (κ3) is 1.87. The van der Waals surface area contributed by atoms with E-state index in [0.29, 0.717) is 11.0 Å². The van der Waals surface area contributed by atoms with Gasteiger partial charge in [0.15, 0.2) is 5.65 Å². The maximum absolute atomic E-state index is 11.6. The summed E-state index contributed by atoms with van der Waals surface area (Å²) in [4.78, 5) is 20.3. The van der Waals surface area contributed by atoms with Gasteiger partial charge in [-0.15, -0.1) is 0 Å². The minimum atomic E-state index is -0.179. The highest BCUT2D eigenvalue weighted by molar-refractivity contribution is 5.74. The molecule has 0 radical (unpaired) electrons. The lowest BCUT2D eigenvalue weighted by Gasteiger charge is -2.12. The molecule has 96 valence electrons. The van der Waals surface area contributed by atoms with Crippen LogP contribution in [0, 0.1) is 0 Å². The van der Waals surface area contributed by atoms with Crippen LogP contribution in [0.3, 0.4) is 0 Å². The van der Waals surface area contributed by atoms with E-state index < -0.39 is 0 Å². The Balaban J connectivity index is 2.14. The van der Waals surface area contributed by atoms with Crippen LogP contribution in [0.15, 0.2) is 41.6 Å². The molecule has 6 nitrogen and oxygen atoms in total. The molecule has 6 heteroatoms. The molecule has 3 rings (SSSR count). The van der Waals surface area contributed by atoms with Crippen LogP contribution in [0.5, 0.6) is 0 Å². The number of hydrogen-bond acceptors (Lipinski definition) is 4. The highest BCUT2D eigenvalue weighted by atomic mass is 16.1. The molecule has 0 fully saturated rings. The van der Waals surface area contributed by atoms with E-state index in [2.05, 4.69) is 15.1 Å². The summed E-state index contributed by atoms with van der Waals surface area (Å²) in [5, 5.41) is 4.71. The average molecular weight is 255 g/mol. The maximum atomic E-state index is 11.6. The molecule has 1 N–H and O–H groups in total. The summed E-state index contributed by atoms with van der Waals surface area (Å²) in [6, 6.07) is 7.89. The number of nitrogens with one attached hydrogen (secondary N) is 1. The number of aromatic amines is 1. The number of anilines is 1. The fourth-order valence-electron chi connectivity index (χ4n) is 1.94. The van der Waals surface area contributed by atoms with Crippen molar-refractivity contribution in [1.82, 2.24) is 19.7 Å². The van der Waals surface area contributed by atoms with Crippen LogP contribution in [0.25, 0.3) is 16.7 Å². The van der Waals surface area contributed by atoms with Crippen LogP contribution in [0.1, 0.15) is 0 Å². The standard InChI is InChI=1S/C13H13N5O/c1-17(2)9-3-5-10(6-4-9)18-12-11(7-16-18)13(19)15-8-14-12/h3-8H,1-2H3,(H,14,15,19). The van der Waals surface area contributed by atoms with Gasteiger partial charge in [-0.1, -0.05) is 0 Å². The van der Waals surface area contributed by atoms with Gasteiger partial charge in [-0.25, -0.2) is 9.67 Å². The first-order valence-electron chi connectivity index (χ1n) is 5.86. The van der Waals surface area contributed by atoms with E-state index in [0.717, 1.165) is 11.4 Å². The van der Waals surface area contributed by atoms with E-state index >= 15 is 0 Å². The van der Waals surface area contributed by atoms with Crippen LogP contribution >= 0.6 is 0 Å². The Labute approximate surface area is 109 Å². The van der Waals surface area contributed by atoms with Gasteiger partial charge in [0.05, 0.1) is 18.2 Å². The van der Waals surface area contributed by atoms with Gasteiger partial charge in [-0.3, -0.25) is 4.79 Å². The minimum absolute atomic E-state index is 0.179. The molecule has 0 saturated carbocycles. The largest absolute Gasteiger partial charge is 0.378 e. The van der Waals surface area contributed by atoms with E-state index in [1.165, 1.54) is 12.5 Å². The molecule has 0 aliphatic carbocycles. The van der Waals surface area contributed by atoms with Crippen LogP contribution in [0.4, 0.5) is 5.69 Å². The first-order chi connectivity index (χ1) is 9.16. The van der Waals surface area contributed by atoms with Crippen molar-refractivity contribution >= 4 is 16.7 Å². The van der Waals surface area contributed by atoms with E-state index in [4.69, 9.17) is 0 Å². The second kappa shape index (κ2) is 4.24. The molecule has 2 aromatic heterocycles. The molecule has 0 unspecified atom stereocenters. The molecule has 3 aromatic rings. The molecule has 0 spiro atoms. The minimum Gasteiger partial charge on any atom is -0.378 e. The Morgan fingerprint density at radius 3 is 2.63 bits per heavy atom. The molecule has 0 atom stereocenters. The Hall–Kier alpha value is -2.63. The zero-order chi connectivity index (χ0) is 13.4.